The molecule has 0 saturated heterocycles. The quantitative estimate of drug-likeness (QED) is 0.670. The highest BCUT2D eigenvalue weighted by Crippen LogP contribution is 2.19. The SMILES string of the molecule is Bc1cn(C(=O)OC(C)(C)C)c2c(C#N)cccc12. The monoisotopic (exact) mass is 254 g/mol. The molecule has 0 unspecified atom stereocenters. The number of hydrogen-bond donors (Lipinski definition) is 0. The molecule has 2 aromatic rings. The van der Waals surface area contributed by atoms with Crippen LogP contribution in [-0.2, 0) is 4.74 Å². The number of nitrogens with zero attached hydrogens (tertiary/aromatic N) is 2. The summed E-state index contributed by atoms with van der Waals surface area (Å²) in [5.74, 6) is 0. The van der Waals surface area contributed by atoms with E-state index in [1.165, 1.54) is 4.57 Å². The van der Waals surface area contributed by atoms with Gasteiger partial charge in [0.1, 0.15) is 19.5 Å². The Morgan fingerprint density at radius 3 is 2.68 bits per heavy atom. The zero-order valence-corrected chi connectivity index (χ0v) is 11.5. The van der Waals surface area contributed by atoms with Gasteiger partial charge in [0.25, 0.3) is 0 Å². The fourth-order valence-corrected chi connectivity index (χ4v) is 1.99. The Morgan fingerprint density at radius 2 is 2.11 bits per heavy atom. The molecule has 4 nitrogen and oxygen atoms in total. The largest absolute Gasteiger partial charge is 0.443 e. The van der Waals surface area contributed by atoms with Crippen molar-refractivity contribution in [1.29, 1.82) is 5.26 Å². The van der Waals surface area contributed by atoms with Crippen LogP contribution < -0.4 is 5.46 Å². The smallest absolute Gasteiger partial charge is 0.419 e. The van der Waals surface area contributed by atoms with Crippen LogP contribution in [0.4, 0.5) is 4.79 Å². The second kappa shape index (κ2) is 4.47. The van der Waals surface area contributed by atoms with Gasteiger partial charge in [-0.25, -0.2) is 4.79 Å². The van der Waals surface area contributed by atoms with Crippen molar-refractivity contribution in [2.24, 2.45) is 0 Å². The lowest BCUT2D eigenvalue weighted by Crippen LogP contribution is -2.27. The van der Waals surface area contributed by atoms with E-state index in [-0.39, 0.29) is 0 Å². The van der Waals surface area contributed by atoms with E-state index in [2.05, 4.69) is 6.07 Å². The highest BCUT2D eigenvalue weighted by Gasteiger charge is 2.21. The van der Waals surface area contributed by atoms with E-state index in [0.29, 0.717) is 11.1 Å². The molecule has 1 aromatic heterocycles. The molecule has 0 fully saturated rings. The van der Waals surface area contributed by atoms with Gasteiger partial charge in [-0.15, -0.1) is 0 Å². The third kappa shape index (κ3) is 2.48. The molecule has 0 atom stereocenters. The molecule has 96 valence electrons. The third-order valence-corrected chi connectivity index (χ3v) is 2.74. The molecular weight excluding hydrogens is 239 g/mol. The van der Waals surface area contributed by atoms with Crippen LogP contribution in [0.5, 0.6) is 0 Å². The first-order valence-corrected chi connectivity index (χ1v) is 6.07. The number of carbonyl (C=O) groups excluding carboxylic acids is 1. The number of hydrogen-bond acceptors (Lipinski definition) is 3. The molecule has 19 heavy (non-hydrogen) atoms. The maximum Gasteiger partial charge on any atom is 0.419 e. The van der Waals surface area contributed by atoms with Gasteiger partial charge in [0.15, 0.2) is 0 Å². The fraction of sp³-hybridized carbons (Fsp3) is 0.286. The lowest BCUT2D eigenvalue weighted by molar-refractivity contribution is 0.0544. The van der Waals surface area contributed by atoms with Crippen LogP contribution in [0.25, 0.3) is 10.9 Å². The van der Waals surface area contributed by atoms with E-state index in [9.17, 15) is 4.79 Å². The molecule has 0 aliphatic carbocycles. The van der Waals surface area contributed by atoms with Crippen molar-refractivity contribution >= 4 is 30.3 Å². The fourth-order valence-electron chi connectivity index (χ4n) is 1.99. The summed E-state index contributed by atoms with van der Waals surface area (Å²) in [5, 5.41) is 10.1. The van der Waals surface area contributed by atoms with Crippen molar-refractivity contribution in [2.75, 3.05) is 0 Å². The lowest BCUT2D eigenvalue weighted by atomic mass is 9.95. The second-order valence-corrected chi connectivity index (χ2v) is 5.48. The Labute approximate surface area is 113 Å². The minimum atomic E-state index is -0.566. The van der Waals surface area contributed by atoms with Crippen molar-refractivity contribution in [1.82, 2.24) is 4.57 Å². The first kappa shape index (κ1) is 13.2. The number of aromatic nitrogens is 1. The van der Waals surface area contributed by atoms with Crippen LogP contribution in [-0.4, -0.2) is 24.1 Å². The predicted octanol–water partition coefficient (Wildman–Crippen LogP) is 1.55. The molecular formula is C14H15BN2O2. The molecule has 0 spiro atoms. The summed E-state index contributed by atoms with van der Waals surface area (Å²) in [4.78, 5) is 12.2. The third-order valence-electron chi connectivity index (χ3n) is 2.74. The zero-order chi connectivity index (χ0) is 14.2. The molecule has 0 amide bonds. The van der Waals surface area contributed by atoms with E-state index in [1.54, 1.807) is 12.3 Å². The molecule has 5 heteroatoms. The van der Waals surface area contributed by atoms with Gasteiger partial charge in [0, 0.05) is 6.20 Å². The van der Waals surface area contributed by atoms with Crippen molar-refractivity contribution in [3.8, 4) is 6.07 Å². The van der Waals surface area contributed by atoms with Crippen molar-refractivity contribution in [3.05, 3.63) is 30.0 Å². The van der Waals surface area contributed by atoms with Crippen LogP contribution in [0.2, 0.25) is 0 Å². The molecule has 0 N–H and O–H groups in total. The van der Waals surface area contributed by atoms with Gasteiger partial charge in [-0.05, 0) is 32.2 Å². The van der Waals surface area contributed by atoms with Crippen LogP contribution in [0.3, 0.4) is 0 Å². The summed E-state index contributed by atoms with van der Waals surface area (Å²) in [7, 11) is 1.91. The average molecular weight is 254 g/mol. The minimum absolute atomic E-state index is 0.465. The molecule has 1 heterocycles. The summed E-state index contributed by atoms with van der Waals surface area (Å²) >= 11 is 0. The Hall–Kier alpha value is -2.22. The van der Waals surface area contributed by atoms with E-state index in [0.717, 1.165) is 10.8 Å². The topological polar surface area (TPSA) is 55.0 Å². The average Bonchev–Trinajstić information content (AvgIpc) is 2.65. The number of carbonyl (C=O) groups is 1. The van der Waals surface area contributed by atoms with Crippen molar-refractivity contribution in [2.45, 2.75) is 26.4 Å². The molecule has 0 saturated carbocycles. The number of nitriles is 1. The highest BCUT2D eigenvalue weighted by molar-refractivity contribution is 6.39. The Balaban J connectivity index is 2.62. The summed E-state index contributed by atoms with van der Waals surface area (Å²) in [6, 6.07) is 7.52. The molecule has 0 aliphatic heterocycles. The predicted molar refractivity (Wildman–Crippen MR) is 76.5 cm³/mol. The van der Waals surface area contributed by atoms with Crippen LogP contribution >= 0.6 is 0 Å². The van der Waals surface area contributed by atoms with Crippen LogP contribution in [0, 0.1) is 11.3 Å². The number of ether oxygens (including phenoxy) is 1. The van der Waals surface area contributed by atoms with Crippen molar-refractivity contribution in [3.63, 3.8) is 0 Å². The highest BCUT2D eigenvalue weighted by atomic mass is 16.6. The molecule has 0 aliphatic rings. The summed E-state index contributed by atoms with van der Waals surface area (Å²) in [6.45, 7) is 5.44. The van der Waals surface area contributed by atoms with E-state index in [1.807, 2.05) is 40.8 Å². The van der Waals surface area contributed by atoms with Gasteiger partial charge in [-0.1, -0.05) is 17.6 Å². The molecule has 2 rings (SSSR count). The molecule has 1 aromatic carbocycles. The van der Waals surface area contributed by atoms with E-state index in [4.69, 9.17) is 10.00 Å². The summed E-state index contributed by atoms with van der Waals surface area (Å²) in [6.07, 6.45) is 1.24. The summed E-state index contributed by atoms with van der Waals surface area (Å²) in [5.41, 5.74) is 1.45. The first-order valence-electron chi connectivity index (χ1n) is 6.07. The number of fused-ring (bicyclic) bond motifs is 1. The minimum Gasteiger partial charge on any atom is -0.443 e. The van der Waals surface area contributed by atoms with Crippen LogP contribution in [0.1, 0.15) is 26.3 Å². The van der Waals surface area contributed by atoms with Gasteiger partial charge in [-0.2, -0.15) is 5.26 Å². The van der Waals surface area contributed by atoms with Gasteiger partial charge in [0.05, 0.1) is 11.1 Å². The van der Waals surface area contributed by atoms with Gasteiger partial charge in [-0.3, -0.25) is 4.57 Å². The van der Waals surface area contributed by atoms with E-state index >= 15 is 0 Å². The maximum atomic E-state index is 12.2. The maximum absolute atomic E-state index is 12.2. The first-order chi connectivity index (χ1) is 8.83. The number of para-hydroxylation sites is 1. The Kier molecular flexibility index (Phi) is 3.11. The van der Waals surface area contributed by atoms with Gasteiger partial charge >= 0.3 is 6.09 Å². The van der Waals surface area contributed by atoms with Crippen molar-refractivity contribution < 1.29 is 9.53 Å². The standard InChI is InChI=1S/C14H15BN2O2/c1-14(2,3)19-13(18)17-8-11(15)10-6-4-5-9(7-16)12(10)17/h4-6,8H,15H2,1-3H3. The summed E-state index contributed by atoms with van der Waals surface area (Å²) < 4.78 is 6.77. The molecule has 0 radical (unpaired) electrons. The zero-order valence-electron chi connectivity index (χ0n) is 11.5. The lowest BCUT2D eigenvalue weighted by Gasteiger charge is -2.19. The number of rotatable bonds is 0. The van der Waals surface area contributed by atoms with Gasteiger partial charge in [0.2, 0.25) is 0 Å². The molecule has 0 bridgehead atoms. The second-order valence-electron chi connectivity index (χ2n) is 5.48. The number of benzene rings is 1. The Morgan fingerprint density at radius 1 is 1.42 bits per heavy atom. The van der Waals surface area contributed by atoms with Crippen LogP contribution in [0.15, 0.2) is 24.4 Å². The van der Waals surface area contributed by atoms with Gasteiger partial charge < -0.3 is 4.74 Å². The normalized spacial score (nSPS) is 11.3. The Bertz CT molecular complexity index is 690. The van der Waals surface area contributed by atoms with E-state index < -0.39 is 11.7 Å².